The van der Waals surface area contributed by atoms with Gasteiger partial charge in [0.15, 0.2) is 0 Å². The summed E-state index contributed by atoms with van der Waals surface area (Å²) in [5.74, 6) is 2.12. The second-order valence-corrected chi connectivity index (χ2v) is 16.7. The lowest BCUT2D eigenvalue weighted by Crippen LogP contribution is -2.29. The third-order valence-electron chi connectivity index (χ3n) is 10.7. The van der Waals surface area contributed by atoms with Crippen molar-refractivity contribution in [3.8, 4) is 0 Å². The third kappa shape index (κ3) is 53.1. The van der Waals surface area contributed by atoms with Crippen LogP contribution in [0.25, 0.3) is 0 Å². The zero-order valence-corrected chi connectivity index (χ0v) is 44.8. The Balaban J connectivity index is -0.000000156. The van der Waals surface area contributed by atoms with Crippen LogP contribution in [-0.4, -0.2) is 75.2 Å². The van der Waals surface area contributed by atoms with Crippen LogP contribution in [0.1, 0.15) is 220 Å². The highest BCUT2D eigenvalue weighted by atomic mass is 16.2. The Kier molecular flexibility index (Phi) is 62.3. The molecule has 0 aliphatic rings. The second-order valence-electron chi connectivity index (χ2n) is 16.7. The van der Waals surface area contributed by atoms with Crippen molar-refractivity contribution in [2.24, 2.45) is 35.5 Å². The Morgan fingerprint density at radius 1 is 0.302 bits per heavy atom. The van der Waals surface area contributed by atoms with E-state index in [1.165, 1.54) is 32.1 Å². The van der Waals surface area contributed by atoms with E-state index in [-0.39, 0.29) is 71.0 Å². The molecule has 63 heavy (non-hydrogen) atoms. The minimum Gasteiger partial charge on any atom is -0.359 e. The number of amides is 6. The fourth-order valence-electron chi connectivity index (χ4n) is 4.39. The zero-order chi connectivity index (χ0) is 50.0. The molecule has 0 aromatic rings. The van der Waals surface area contributed by atoms with Crippen LogP contribution >= 0.6 is 0 Å². The highest BCUT2D eigenvalue weighted by molar-refractivity contribution is 5.79. The van der Waals surface area contributed by atoms with E-state index in [0.29, 0.717) is 0 Å². The van der Waals surface area contributed by atoms with Crippen LogP contribution in [0.4, 0.5) is 0 Å². The molecular weight excluding hydrogens is 793 g/mol. The first-order chi connectivity index (χ1) is 29.8. The first kappa shape index (κ1) is 71.5. The molecule has 6 unspecified atom stereocenters. The molecule has 0 saturated heterocycles. The van der Waals surface area contributed by atoms with Gasteiger partial charge < -0.3 is 31.9 Å². The quantitative estimate of drug-likeness (QED) is 0.0448. The third-order valence-corrected chi connectivity index (χ3v) is 10.7. The van der Waals surface area contributed by atoms with Gasteiger partial charge in [0.05, 0.1) is 0 Å². The van der Waals surface area contributed by atoms with Gasteiger partial charge in [-0.05, 0) is 71.1 Å². The van der Waals surface area contributed by atoms with E-state index in [4.69, 9.17) is 0 Å². The van der Waals surface area contributed by atoms with Crippen molar-refractivity contribution >= 4 is 35.4 Å². The first-order valence-electron chi connectivity index (χ1n) is 25.4. The number of hydrogen-bond donors (Lipinski definition) is 6. The molecule has 12 heteroatoms. The van der Waals surface area contributed by atoms with E-state index in [0.717, 1.165) is 103 Å². The Labute approximate surface area is 390 Å². The van der Waals surface area contributed by atoms with E-state index in [1.54, 1.807) is 7.05 Å². The summed E-state index contributed by atoms with van der Waals surface area (Å²) in [5, 5.41) is 17.0. The van der Waals surface area contributed by atoms with E-state index >= 15 is 0 Å². The van der Waals surface area contributed by atoms with Gasteiger partial charge in [0.1, 0.15) is 0 Å². The number of carbonyl (C=O) groups is 6. The molecule has 0 saturated carbocycles. The Bertz CT molecular complexity index is 1060. The normalized spacial score (nSPS) is 12.7. The van der Waals surface area contributed by atoms with Crippen molar-refractivity contribution in [2.75, 3.05) is 39.8 Å². The van der Waals surface area contributed by atoms with Gasteiger partial charge in [-0.25, -0.2) is 0 Å². The molecule has 0 bridgehead atoms. The zero-order valence-electron chi connectivity index (χ0n) is 44.8. The topological polar surface area (TPSA) is 175 Å². The molecule has 0 fully saturated rings. The van der Waals surface area contributed by atoms with Gasteiger partial charge in [-0.1, -0.05) is 149 Å². The lowest BCUT2D eigenvalue weighted by Gasteiger charge is -2.09. The molecule has 0 rings (SSSR count). The van der Waals surface area contributed by atoms with E-state index in [9.17, 15) is 28.8 Å². The summed E-state index contributed by atoms with van der Waals surface area (Å²) in [6.45, 7) is 38.4. The molecule has 0 aliphatic heterocycles. The monoisotopic (exact) mass is 901 g/mol. The molecule has 0 aromatic carbocycles. The summed E-state index contributed by atoms with van der Waals surface area (Å²) in [6.07, 6.45) is 17.2. The van der Waals surface area contributed by atoms with Gasteiger partial charge in [0.25, 0.3) is 0 Å². The van der Waals surface area contributed by atoms with E-state index < -0.39 is 0 Å². The summed E-state index contributed by atoms with van der Waals surface area (Å²) >= 11 is 0. The molecular formula is C51H108N6O6. The van der Waals surface area contributed by atoms with Crippen LogP contribution in [0, 0.1) is 35.5 Å². The predicted octanol–water partition coefficient (Wildman–Crippen LogP) is 10.5. The smallest absolute Gasteiger partial charge is 0.222 e. The molecule has 6 atom stereocenters. The Morgan fingerprint density at radius 3 is 0.810 bits per heavy atom. The van der Waals surface area contributed by atoms with Crippen LogP contribution in [0.5, 0.6) is 0 Å². The highest BCUT2D eigenvalue weighted by Crippen LogP contribution is 2.03. The van der Waals surface area contributed by atoms with Crippen LogP contribution in [-0.2, 0) is 28.8 Å². The minimum atomic E-state index is 0.132. The van der Waals surface area contributed by atoms with Crippen LogP contribution in [0.15, 0.2) is 0 Å². The average Bonchev–Trinajstić information content (AvgIpc) is 3.30. The number of nitrogens with one attached hydrogen (secondary N) is 6. The van der Waals surface area contributed by atoms with Crippen molar-refractivity contribution in [2.45, 2.75) is 220 Å². The molecule has 6 amide bonds. The van der Waals surface area contributed by atoms with Crippen molar-refractivity contribution in [1.82, 2.24) is 31.9 Å². The number of rotatable bonds is 27. The molecule has 6 N–H and O–H groups in total. The Morgan fingerprint density at radius 2 is 0.556 bits per heavy atom. The molecule has 0 heterocycles. The Hall–Kier alpha value is -3.18. The fraction of sp³-hybridized carbons (Fsp3) is 0.882. The second kappa shape index (κ2) is 55.0. The van der Waals surface area contributed by atoms with Crippen LogP contribution in [0.2, 0.25) is 0 Å². The maximum atomic E-state index is 11.3. The SMILES string of the molecule is CCC(C)C(=O)NC.CCCCCCNC(=O)C(C)CC.CCCCCNC(=O)C(C)CC.CCCCNC(=O)C(C)CC.CCCNC(=O)C(C)CC.CCNC(=O)C(C)CC. The summed E-state index contributed by atoms with van der Waals surface area (Å²) < 4.78 is 0. The van der Waals surface area contributed by atoms with Gasteiger partial charge >= 0.3 is 0 Å². The van der Waals surface area contributed by atoms with Gasteiger partial charge in [-0.3, -0.25) is 28.8 Å². The minimum absolute atomic E-state index is 0.132. The summed E-state index contributed by atoms with van der Waals surface area (Å²) in [7, 11) is 1.66. The van der Waals surface area contributed by atoms with Gasteiger partial charge in [-0.15, -0.1) is 0 Å². The number of unbranched alkanes of at least 4 members (excludes halogenated alkanes) is 6. The predicted molar refractivity (Wildman–Crippen MR) is 270 cm³/mol. The van der Waals surface area contributed by atoms with Gasteiger partial charge in [0.2, 0.25) is 35.4 Å². The van der Waals surface area contributed by atoms with Crippen LogP contribution in [0.3, 0.4) is 0 Å². The molecule has 378 valence electrons. The lowest BCUT2D eigenvalue weighted by molar-refractivity contribution is -0.125. The summed E-state index contributed by atoms with van der Waals surface area (Å²) in [5.41, 5.74) is 0. The van der Waals surface area contributed by atoms with Crippen molar-refractivity contribution in [3.63, 3.8) is 0 Å². The van der Waals surface area contributed by atoms with Crippen molar-refractivity contribution in [3.05, 3.63) is 0 Å². The van der Waals surface area contributed by atoms with Crippen molar-refractivity contribution in [1.29, 1.82) is 0 Å². The molecule has 0 spiro atoms. The van der Waals surface area contributed by atoms with Gasteiger partial charge in [0, 0.05) is 75.3 Å². The lowest BCUT2D eigenvalue weighted by atomic mass is 10.1. The molecule has 12 nitrogen and oxygen atoms in total. The number of hydrogen-bond acceptors (Lipinski definition) is 6. The van der Waals surface area contributed by atoms with Crippen molar-refractivity contribution < 1.29 is 28.8 Å². The maximum Gasteiger partial charge on any atom is 0.222 e. The number of carbonyl (C=O) groups excluding carboxylic acids is 6. The largest absolute Gasteiger partial charge is 0.359 e. The van der Waals surface area contributed by atoms with Gasteiger partial charge in [-0.2, -0.15) is 0 Å². The molecule has 0 radical (unpaired) electrons. The maximum absolute atomic E-state index is 11.3. The van der Waals surface area contributed by atoms with Crippen LogP contribution < -0.4 is 31.9 Å². The summed E-state index contributed by atoms with van der Waals surface area (Å²) in [6, 6.07) is 0. The average molecular weight is 901 g/mol. The molecule has 0 aromatic heterocycles. The standard InChI is InChI=1S/C11H23NO.C10H21NO.C9H19NO.C8H17NO.C7H15NO.C6H13NO/c1-4-6-7-8-9-12-11(13)10(3)5-2;1-4-6-7-8-11-10(12)9(3)5-2;1-4-6-7-10-9(11)8(3)5-2;1-4-6-9-8(10)7(3)5-2;1-4-6(3)7(9)8-5-2;1-4-5(2)6(8)7-3/h10H,4-9H2,1-3H3,(H,12,13);9H,4-8H2,1-3H3,(H,11,12);8H,4-7H2,1-3H3,(H,10,11);7H,4-6H2,1-3H3,(H,9,10);6H,4-5H2,1-3H3,(H,8,9);5H,4H2,1-3H3,(H,7,8). The van der Waals surface area contributed by atoms with E-state index in [2.05, 4.69) is 59.6 Å². The molecule has 0 aliphatic carbocycles. The van der Waals surface area contributed by atoms with E-state index in [1.807, 2.05) is 90.0 Å². The summed E-state index contributed by atoms with van der Waals surface area (Å²) in [4.78, 5) is 66.2. The highest BCUT2D eigenvalue weighted by Gasteiger charge is 2.11. The fourth-order valence-corrected chi connectivity index (χ4v) is 4.39. The first-order valence-corrected chi connectivity index (χ1v) is 25.4.